The van der Waals surface area contributed by atoms with Gasteiger partial charge in [-0.05, 0) is 26.7 Å². The van der Waals surface area contributed by atoms with Gasteiger partial charge in [0.25, 0.3) is 0 Å². The Hall–Kier alpha value is -0.410. The first-order valence-corrected chi connectivity index (χ1v) is 4.42. The molecule has 1 saturated heterocycles. The van der Waals surface area contributed by atoms with Crippen molar-refractivity contribution in [2.45, 2.75) is 51.4 Å². The van der Waals surface area contributed by atoms with Crippen LogP contribution in [0.25, 0.3) is 0 Å². The maximum Gasteiger partial charge on any atom is 0.132 e. The molecule has 0 radical (unpaired) electrons. The molecule has 1 aliphatic heterocycles. The molecule has 0 aliphatic carbocycles. The number of carbonyl (C=O) groups excluding carboxylic acids is 1. The van der Waals surface area contributed by atoms with Crippen LogP contribution in [0.3, 0.4) is 0 Å². The summed E-state index contributed by atoms with van der Waals surface area (Å²) in [4.78, 5) is 10.8. The first kappa shape index (κ1) is 9.68. The average Bonchev–Trinajstić information content (AvgIpc) is 1.96. The van der Waals surface area contributed by atoms with Gasteiger partial charge in [0.1, 0.15) is 5.78 Å². The second-order valence-electron chi connectivity index (χ2n) is 3.54. The zero-order valence-electron chi connectivity index (χ0n) is 7.62. The lowest BCUT2D eigenvalue weighted by molar-refractivity contribution is -0.135. The second-order valence-corrected chi connectivity index (χ2v) is 3.54. The van der Waals surface area contributed by atoms with E-state index in [0.29, 0.717) is 6.42 Å². The molecular weight excluding hydrogens is 156 g/mol. The normalized spacial score (nSPS) is 36.4. The fraction of sp³-hybridized carbons (Fsp3) is 0.889. The molecule has 1 heterocycles. The lowest BCUT2D eigenvalue weighted by Gasteiger charge is -2.31. The van der Waals surface area contributed by atoms with Crippen LogP contribution >= 0.6 is 0 Å². The Labute approximate surface area is 72.7 Å². The third kappa shape index (κ3) is 2.57. The first-order valence-electron chi connectivity index (χ1n) is 4.42. The molecular formula is C9H16O3. The number of carbonyl (C=O) groups is 1. The number of rotatable bonds is 2. The minimum absolute atomic E-state index is 0.0770. The first-order chi connectivity index (χ1) is 5.59. The van der Waals surface area contributed by atoms with Gasteiger partial charge in [0, 0.05) is 6.42 Å². The number of aliphatic hydroxyl groups excluding tert-OH is 1. The predicted octanol–water partition coefficient (Wildman–Crippen LogP) is 0.894. The van der Waals surface area contributed by atoms with E-state index < -0.39 is 6.10 Å². The fourth-order valence-electron chi connectivity index (χ4n) is 1.52. The summed E-state index contributed by atoms with van der Waals surface area (Å²) in [5.74, 6) is 0.0770. The lowest BCUT2D eigenvalue weighted by atomic mass is 9.98. The largest absolute Gasteiger partial charge is 0.390 e. The molecule has 3 unspecified atom stereocenters. The van der Waals surface area contributed by atoms with Gasteiger partial charge in [-0.1, -0.05) is 0 Å². The second kappa shape index (κ2) is 4.01. The molecule has 0 aromatic heterocycles. The van der Waals surface area contributed by atoms with Gasteiger partial charge in [0.05, 0.1) is 18.3 Å². The van der Waals surface area contributed by atoms with Crippen LogP contribution in [0.2, 0.25) is 0 Å². The van der Waals surface area contributed by atoms with Crippen molar-refractivity contribution >= 4 is 5.78 Å². The van der Waals surface area contributed by atoms with Gasteiger partial charge in [-0.2, -0.15) is 0 Å². The van der Waals surface area contributed by atoms with Crippen LogP contribution in [0.15, 0.2) is 0 Å². The van der Waals surface area contributed by atoms with Gasteiger partial charge in [-0.25, -0.2) is 0 Å². The lowest BCUT2D eigenvalue weighted by Crippen LogP contribution is -2.38. The molecule has 0 spiro atoms. The van der Waals surface area contributed by atoms with Crippen LogP contribution in [-0.4, -0.2) is 29.2 Å². The number of hydrogen-bond acceptors (Lipinski definition) is 3. The topological polar surface area (TPSA) is 46.5 Å². The van der Waals surface area contributed by atoms with Crippen molar-refractivity contribution in [3.63, 3.8) is 0 Å². The number of aliphatic hydroxyl groups is 1. The summed E-state index contributed by atoms with van der Waals surface area (Å²) in [6.07, 6.45) is 1.43. The van der Waals surface area contributed by atoms with Crippen molar-refractivity contribution < 1.29 is 14.6 Å². The molecule has 0 aromatic rings. The van der Waals surface area contributed by atoms with Crippen molar-refractivity contribution in [2.24, 2.45) is 0 Å². The van der Waals surface area contributed by atoms with Crippen LogP contribution in [0.1, 0.15) is 33.1 Å². The number of Topliss-reactive ketones (excluding diaryl/α,β-unsaturated/α-hetero) is 1. The molecule has 12 heavy (non-hydrogen) atoms. The maximum atomic E-state index is 10.8. The quantitative estimate of drug-likeness (QED) is 0.673. The highest BCUT2D eigenvalue weighted by Gasteiger charge is 2.28. The van der Waals surface area contributed by atoms with Crippen LogP contribution < -0.4 is 0 Å². The van der Waals surface area contributed by atoms with Crippen molar-refractivity contribution in [2.75, 3.05) is 0 Å². The molecule has 3 atom stereocenters. The minimum atomic E-state index is -0.454. The van der Waals surface area contributed by atoms with Gasteiger partial charge in [-0.15, -0.1) is 0 Å². The van der Waals surface area contributed by atoms with E-state index in [1.54, 1.807) is 0 Å². The molecule has 1 N–H and O–H groups in total. The van der Waals surface area contributed by atoms with E-state index in [9.17, 15) is 9.90 Å². The highest BCUT2D eigenvalue weighted by Crippen LogP contribution is 2.21. The molecule has 1 rings (SSSR count). The van der Waals surface area contributed by atoms with Gasteiger partial charge in [-0.3, -0.25) is 4.79 Å². The Morgan fingerprint density at radius 2 is 2.25 bits per heavy atom. The van der Waals surface area contributed by atoms with Crippen LogP contribution in [-0.2, 0) is 9.53 Å². The van der Waals surface area contributed by atoms with Crippen molar-refractivity contribution in [3.05, 3.63) is 0 Å². The molecule has 0 amide bonds. The molecule has 1 fully saturated rings. The SMILES string of the molecule is CC(=O)CC1OC(C)CCC1O. The number of ether oxygens (including phenoxy) is 1. The summed E-state index contributed by atoms with van der Waals surface area (Å²) in [5, 5.41) is 9.46. The van der Waals surface area contributed by atoms with Crippen LogP contribution in [0, 0.1) is 0 Å². The van der Waals surface area contributed by atoms with Crippen molar-refractivity contribution in [1.82, 2.24) is 0 Å². The summed E-state index contributed by atoms with van der Waals surface area (Å²) < 4.78 is 5.44. The zero-order chi connectivity index (χ0) is 9.14. The molecule has 3 nitrogen and oxygen atoms in total. The van der Waals surface area contributed by atoms with Crippen LogP contribution in [0.5, 0.6) is 0 Å². The van der Waals surface area contributed by atoms with E-state index in [-0.39, 0.29) is 18.0 Å². The zero-order valence-corrected chi connectivity index (χ0v) is 7.62. The predicted molar refractivity (Wildman–Crippen MR) is 44.9 cm³/mol. The Bertz CT molecular complexity index is 167. The van der Waals surface area contributed by atoms with E-state index in [1.807, 2.05) is 6.92 Å². The minimum Gasteiger partial charge on any atom is -0.390 e. The van der Waals surface area contributed by atoms with Crippen LogP contribution in [0.4, 0.5) is 0 Å². The third-order valence-electron chi connectivity index (χ3n) is 2.19. The van der Waals surface area contributed by atoms with Crippen molar-refractivity contribution in [3.8, 4) is 0 Å². The Morgan fingerprint density at radius 1 is 1.58 bits per heavy atom. The summed E-state index contributed by atoms with van der Waals surface area (Å²) >= 11 is 0. The summed E-state index contributed by atoms with van der Waals surface area (Å²) in [7, 11) is 0. The van der Waals surface area contributed by atoms with Gasteiger partial charge < -0.3 is 9.84 Å². The van der Waals surface area contributed by atoms with Gasteiger partial charge in [0.15, 0.2) is 0 Å². The van der Waals surface area contributed by atoms with Gasteiger partial charge in [0.2, 0.25) is 0 Å². The van der Waals surface area contributed by atoms with E-state index >= 15 is 0 Å². The van der Waals surface area contributed by atoms with E-state index in [1.165, 1.54) is 6.92 Å². The molecule has 0 bridgehead atoms. The monoisotopic (exact) mass is 172 g/mol. The Kier molecular flexibility index (Phi) is 3.23. The maximum absolute atomic E-state index is 10.8. The average molecular weight is 172 g/mol. The van der Waals surface area contributed by atoms with E-state index in [4.69, 9.17) is 4.74 Å². The third-order valence-corrected chi connectivity index (χ3v) is 2.19. The van der Waals surface area contributed by atoms with Crippen molar-refractivity contribution in [1.29, 1.82) is 0 Å². The molecule has 3 heteroatoms. The fourth-order valence-corrected chi connectivity index (χ4v) is 1.52. The highest BCUT2D eigenvalue weighted by molar-refractivity contribution is 5.76. The molecule has 70 valence electrons. The highest BCUT2D eigenvalue weighted by atomic mass is 16.5. The Balaban J connectivity index is 2.43. The standard InChI is InChI=1S/C9H16O3/c1-6(10)5-9-8(11)4-3-7(2)12-9/h7-9,11H,3-5H2,1-2H3. The van der Waals surface area contributed by atoms with E-state index in [0.717, 1.165) is 12.8 Å². The number of ketones is 1. The van der Waals surface area contributed by atoms with Gasteiger partial charge >= 0.3 is 0 Å². The Morgan fingerprint density at radius 3 is 2.83 bits per heavy atom. The smallest absolute Gasteiger partial charge is 0.132 e. The summed E-state index contributed by atoms with van der Waals surface area (Å²) in [5.41, 5.74) is 0. The number of hydrogen-bond donors (Lipinski definition) is 1. The summed E-state index contributed by atoms with van der Waals surface area (Å²) in [6, 6.07) is 0. The molecule has 0 aromatic carbocycles. The molecule has 0 saturated carbocycles. The molecule has 1 aliphatic rings. The summed E-state index contributed by atoms with van der Waals surface area (Å²) in [6.45, 7) is 3.49. The van der Waals surface area contributed by atoms with E-state index in [2.05, 4.69) is 0 Å².